The summed E-state index contributed by atoms with van der Waals surface area (Å²) < 4.78 is 18.6. The molecule has 1 aromatic carbocycles. The smallest absolute Gasteiger partial charge is 0.160 e. The number of benzene rings is 1. The van der Waals surface area contributed by atoms with Crippen molar-refractivity contribution in [2.24, 2.45) is 5.73 Å². The van der Waals surface area contributed by atoms with Crippen LogP contribution in [0.5, 0.6) is 11.5 Å². The number of hydrogen-bond acceptors (Lipinski definition) is 3. The zero-order valence-electron chi connectivity index (χ0n) is 7.63. The average molecular weight is 264 g/mol. The van der Waals surface area contributed by atoms with Crippen molar-refractivity contribution < 1.29 is 14.2 Å². The Morgan fingerprint density at radius 3 is 2.79 bits per heavy atom. The van der Waals surface area contributed by atoms with Gasteiger partial charge >= 0.3 is 0 Å². The minimum atomic E-state index is -1.26. The molecule has 0 saturated heterocycles. The molecule has 0 saturated carbocycles. The fourth-order valence-corrected chi connectivity index (χ4v) is 1.67. The summed E-state index contributed by atoms with van der Waals surface area (Å²) in [5, 5.41) is 9.36. The SMILES string of the molecule is COc1cc(C(F)CN)c(Br)cc1O. The van der Waals surface area contributed by atoms with Crippen molar-refractivity contribution in [2.75, 3.05) is 13.7 Å². The molecule has 0 radical (unpaired) electrons. The van der Waals surface area contributed by atoms with Crippen LogP contribution in [0.3, 0.4) is 0 Å². The highest BCUT2D eigenvalue weighted by Crippen LogP contribution is 2.35. The monoisotopic (exact) mass is 263 g/mol. The van der Waals surface area contributed by atoms with E-state index in [1.54, 1.807) is 0 Å². The number of hydrogen-bond donors (Lipinski definition) is 2. The average Bonchev–Trinajstić information content (AvgIpc) is 2.17. The van der Waals surface area contributed by atoms with Crippen molar-refractivity contribution in [1.82, 2.24) is 0 Å². The van der Waals surface area contributed by atoms with E-state index in [1.165, 1.54) is 19.2 Å². The molecule has 0 aliphatic heterocycles. The molecule has 78 valence electrons. The Morgan fingerprint density at radius 1 is 1.64 bits per heavy atom. The topological polar surface area (TPSA) is 55.5 Å². The van der Waals surface area contributed by atoms with E-state index in [0.29, 0.717) is 10.0 Å². The van der Waals surface area contributed by atoms with Crippen LogP contribution in [0.15, 0.2) is 16.6 Å². The number of aromatic hydroxyl groups is 1. The number of halogens is 2. The second-order valence-electron chi connectivity index (χ2n) is 2.75. The first-order valence-electron chi connectivity index (χ1n) is 4.00. The summed E-state index contributed by atoms with van der Waals surface area (Å²) >= 11 is 3.14. The largest absolute Gasteiger partial charge is 0.504 e. The molecule has 0 heterocycles. The summed E-state index contributed by atoms with van der Waals surface area (Å²) in [5.74, 6) is 0.201. The molecular weight excluding hydrogens is 253 g/mol. The molecule has 3 nitrogen and oxygen atoms in total. The van der Waals surface area contributed by atoms with E-state index in [0.717, 1.165) is 0 Å². The van der Waals surface area contributed by atoms with Crippen molar-refractivity contribution in [2.45, 2.75) is 6.17 Å². The van der Waals surface area contributed by atoms with Crippen LogP contribution in [0, 0.1) is 0 Å². The Balaban J connectivity index is 3.17. The second-order valence-corrected chi connectivity index (χ2v) is 3.60. The van der Waals surface area contributed by atoms with E-state index in [-0.39, 0.29) is 18.0 Å². The minimum absolute atomic E-state index is 0.0349. The Kier molecular flexibility index (Phi) is 3.71. The van der Waals surface area contributed by atoms with Gasteiger partial charge in [0.25, 0.3) is 0 Å². The highest BCUT2D eigenvalue weighted by atomic mass is 79.9. The quantitative estimate of drug-likeness (QED) is 0.879. The third-order valence-corrected chi connectivity index (χ3v) is 2.53. The molecule has 0 bridgehead atoms. The highest BCUT2D eigenvalue weighted by Gasteiger charge is 2.15. The van der Waals surface area contributed by atoms with Gasteiger partial charge in [0.2, 0.25) is 0 Å². The first-order chi connectivity index (χ1) is 6.60. The summed E-state index contributed by atoms with van der Waals surface area (Å²) in [4.78, 5) is 0. The fraction of sp³-hybridized carbons (Fsp3) is 0.333. The van der Waals surface area contributed by atoms with Gasteiger partial charge in [-0.15, -0.1) is 0 Å². The molecule has 3 N–H and O–H groups in total. The van der Waals surface area contributed by atoms with E-state index >= 15 is 0 Å². The summed E-state index contributed by atoms with van der Waals surface area (Å²) in [6.45, 7) is -0.105. The van der Waals surface area contributed by atoms with Crippen molar-refractivity contribution in [3.63, 3.8) is 0 Å². The molecular formula is C9H11BrFNO2. The normalized spacial score (nSPS) is 12.6. The number of rotatable bonds is 3. The van der Waals surface area contributed by atoms with Gasteiger partial charge in [0.05, 0.1) is 7.11 Å². The molecule has 1 aromatic rings. The molecule has 0 aromatic heterocycles. The predicted molar refractivity (Wildman–Crippen MR) is 55.3 cm³/mol. The lowest BCUT2D eigenvalue weighted by Crippen LogP contribution is -2.08. The number of ether oxygens (including phenoxy) is 1. The van der Waals surface area contributed by atoms with E-state index < -0.39 is 6.17 Å². The van der Waals surface area contributed by atoms with Crippen molar-refractivity contribution >= 4 is 15.9 Å². The number of phenols is 1. The lowest BCUT2D eigenvalue weighted by molar-refractivity contribution is 0.343. The molecule has 14 heavy (non-hydrogen) atoms. The van der Waals surface area contributed by atoms with Gasteiger partial charge in [0.15, 0.2) is 11.5 Å². The van der Waals surface area contributed by atoms with Crippen LogP contribution < -0.4 is 10.5 Å². The van der Waals surface area contributed by atoms with E-state index in [2.05, 4.69) is 15.9 Å². The Morgan fingerprint density at radius 2 is 2.29 bits per heavy atom. The molecule has 0 aliphatic carbocycles. The minimum Gasteiger partial charge on any atom is -0.504 e. The maximum atomic E-state index is 13.3. The van der Waals surface area contributed by atoms with Crippen molar-refractivity contribution in [1.29, 1.82) is 0 Å². The maximum absolute atomic E-state index is 13.3. The van der Waals surface area contributed by atoms with Crippen LogP contribution in [-0.2, 0) is 0 Å². The molecule has 0 spiro atoms. The standard InChI is InChI=1S/C9H11BrFNO2/c1-14-9-2-5(7(11)4-12)6(10)3-8(9)13/h2-3,7,13H,4,12H2,1H3. The van der Waals surface area contributed by atoms with Crippen LogP contribution in [0.25, 0.3) is 0 Å². The van der Waals surface area contributed by atoms with Crippen molar-refractivity contribution in [3.05, 3.63) is 22.2 Å². The lowest BCUT2D eigenvalue weighted by Gasteiger charge is -2.11. The summed E-state index contributed by atoms with van der Waals surface area (Å²) in [7, 11) is 1.41. The third kappa shape index (κ3) is 2.16. The van der Waals surface area contributed by atoms with Crippen LogP contribution in [-0.4, -0.2) is 18.8 Å². The molecule has 5 heteroatoms. The summed E-state index contributed by atoms with van der Waals surface area (Å²) in [5.41, 5.74) is 5.58. The van der Waals surface area contributed by atoms with Gasteiger partial charge in [-0.3, -0.25) is 0 Å². The van der Waals surface area contributed by atoms with Gasteiger partial charge in [-0.2, -0.15) is 0 Å². The van der Waals surface area contributed by atoms with Crippen LogP contribution >= 0.6 is 15.9 Å². The van der Waals surface area contributed by atoms with E-state index in [9.17, 15) is 9.50 Å². The third-order valence-electron chi connectivity index (χ3n) is 1.84. The predicted octanol–water partition coefficient (Wildman–Crippen LogP) is 2.13. The van der Waals surface area contributed by atoms with E-state index in [1.807, 2.05) is 0 Å². The summed E-state index contributed by atoms with van der Waals surface area (Å²) in [6.07, 6.45) is -1.26. The number of nitrogens with two attached hydrogens (primary N) is 1. The molecule has 1 unspecified atom stereocenters. The first kappa shape index (κ1) is 11.3. The molecule has 0 amide bonds. The van der Waals surface area contributed by atoms with Gasteiger partial charge in [-0.05, 0) is 12.1 Å². The van der Waals surface area contributed by atoms with Crippen LogP contribution in [0.1, 0.15) is 11.7 Å². The van der Waals surface area contributed by atoms with Gasteiger partial charge < -0.3 is 15.6 Å². The van der Waals surface area contributed by atoms with E-state index in [4.69, 9.17) is 10.5 Å². The van der Waals surface area contributed by atoms with Crippen molar-refractivity contribution in [3.8, 4) is 11.5 Å². The number of alkyl halides is 1. The van der Waals surface area contributed by atoms with Crippen LogP contribution in [0.2, 0.25) is 0 Å². The fourth-order valence-electron chi connectivity index (χ4n) is 1.09. The van der Waals surface area contributed by atoms with Crippen LogP contribution in [0.4, 0.5) is 4.39 Å². The first-order valence-corrected chi connectivity index (χ1v) is 4.80. The van der Waals surface area contributed by atoms with Gasteiger partial charge in [-0.25, -0.2) is 4.39 Å². The molecule has 1 atom stereocenters. The summed E-state index contributed by atoms with van der Waals surface area (Å²) in [6, 6.07) is 2.81. The number of phenolic OH excluding ortho intramolecular Hbond substituents is 1. The highest BCUT2D eigenvalue weighted by molar-refractivity contribution is 9.10. The molecule has 0 aliphatic rings. The Hall–Kier alpha value is -0.810. The van der Waals surface area contributed by atoms with Gasteiger partial charge in [0, 0.05) is 16.6 Å². The van der Waals surface area contributed by atoms with Gasteiger partial charge in [0.1, 0.15) is 6.17 Å². The number of methoxy groups -OCH3 is 1. The zero-order valence-corrected chi connectivity index (χ0v) is 9.21. The molecule has 1 rings (SSSR count). The van der Waals surface area contributed by atoms with Gasteiger partial charge in [-0.1, -0.05) is 15.9 Å². The molecule has 0 fully saturated rings. The lowest BCUT2D eigenvalue weighted by atomic mass is 10.1. The second kappa shape index (κ2) is 4.61. The maximum Gasteiger partial charge on any atom is 0.160 e. The zero-order chi connectivity index (χ0) is 10.7. The Labute approximate surface area is 89.8 Å². The Bertz CT molecular complexity index is 333.